The Hall–Kier alpha value is -1.86. The van der Waals surface area contributed by atoms with Crippen LogP contribution in [0.3, 0.4) is 0 Å². The van der Waals surface area contributed by atoms with E-state index in [-0.39, 0.29) is 11.3 Å². The van der Waals surface area contributed by atoms with Crippen LogP contribution in [0.5, 0.6) is 0 Å². The van der Waals surface area contributed by atoms with E-state index in [9.17, 15) is 28.5 Å². The summed E-state index contributed by atoms with van der Waals surface area (Å²) in [7, 11) is 0. The van der Waals surface area contributed by atoms with Crippen molar-refractivity contribution in [1.82, 2.24) is 0 Å². The first kappa shape index (κ1) is 25.8. The second kappa shape index (κ2) is 11.0. The molecule has 33 heavy (non-hydrogen) atoms. The van der Waals surface area contributed by atoms with Gasteiger partial charge in [0.15, 0.2) is 35.5 Å². The Labute approximate surface area is 200 Å². The van der Waals surface area contributed by atoms with Gasteiger partial charge in [-0.15, -0.1) is 0 Å². The van der Waals surface area contributed by atoms with Gasteiger partial charge in [-0.25, -0.2) is 18.2 Å². The van der Waals surface area contributed by atoms with Crippen molar-refractivity contribution in [1.29, 1.82) is 0 Å². The Morgan fingerprint density at radius 1 is 1.15 bits per heavy atom. The van der Waals surface area contributed by atoms with Crippen molar-refractivity contribution < 1.29 is 38.2 Å². The summed E-state index contributed by atoms with van der Waals surface area (Å²) in [5.74, 6) is 0.762. The first-order valence-corrected chi connectivity index (χ1v) is 11.1. The molecule has 1 aliphatic heterocycles. The molecule has 3 rings (SSSR count). The van der Waals surface area contributed by atoms with Crippen LogP contribution < -0.4 is 10.8 Å². The van der Waals surface area contributed by atoms with Crippen LogP contribution in [-0.4, -0.2) is 63.6 Å². The van der Waals surface area contributed by atoms with E-state index >= 15 is 0 Å². The number of hydrogen-bond donors (Lipinski definition) is 5. The molecule has 3 unspecified atom stereocenters. The van der Waals surface area contributed by atoms with Gasteiger partial charge in [0.2, 0.25) is 6.04 Å². The molecule has 0 aromatic heterocycles. The fourth-order valence-corrected chi connectivity index (χ4v) is 4.77. The van der Waals surface area contributed by atoms with Gasteiger partial charge < -0.3 is 25.9 Å². The van der Waals surface area contributed by atoms with E-state index in [4.69, 9.17) is 33.8 Å². The zero-order valence-electron chi connectivity index (χ0n) is 16.6. The van der Waals surface area contributed by atoms with Gasteiger partial charge in [-0.3, -0.25) is 0 Å². The number of nitrogens with two attached hydrogens (primary N) is 1. The normalized spacial score (nSPS) is 26.2. The minimum Gasteiger partial charge on any atom is -0.394 e. The summed E-state index contributed by atoms with van der Waals surface area (Å²) < 4.78 is 46.0. The Bertz CT molecular complexity index is 1060. The number of benzene rings is 2. The van der Waals surface area contributed by atoms with Gasteiger partial charge in [-0.05, 0) is 30.3 Å². The molecule has 13 heteroatoms. The Balaban J connectivity index is 1.88. The summed E-state index contributed by atoms with van der Waals surface area (Å²) in [6, 6.07) is 4.97. The summed E-state index contributed by atoms with van der Waals surface area (Å²) >= 11 is 13.2. The van der Waals surface area contributed by atoms with Gasteiger partial charge in [0.1, 0.15) is 17.6 Å². The number of halogens is 5. The van der Waals surface area contributed by atoms with Gasteiger partial charge in [0.05, 0.1) is 11.6 Å². The van der Waals surface area contributed by atoms with E-state index in [2.05, 4.69) is 10.1 Å². The predicted molar refractivity (Wildman–Crippen MR) is 118 cm³/mol. The minimum atomic E-state index is -1.65. The summed E-state index contributed by atoms with van der Waals surface area (Å²) in [5, 5.41) is 35.1. The van der Waals surface area contributed by atoms with Crippen LogP contribution in [0.4, 0.5) is 13.2 Å². The van der Waals surface area contributed by atoms with Crippen LogP contribution >= 0.6 is 35.0 Å². The van der Waals surface area contributed by atoms with Crippen molar-refractivity contribution in [3.05, 3.63) is 63.4 Å². The average molecular weight is 525 g/mol. The van der Waals surface area contributed by atoms with Crippen LogP contribution in [0.1, 0.15) is 5.56 Å². The molecule has 6 N–H and O–H groups in total. The van der Waals surface area contributed by atoms with Crippen molar-refractivity contribution >= 4 is 46.9 Å². The van der Waals surface area contributed by atoms with Gasteiger partial charge in [-0.2, -0.15) is 5.10 Å². The third-order valence-electron chi connectivity index (χ3n) is 4.85. The average Bonchev–Trinajstić information content (AvgIpc) is 2.78. The van der Waals surface area contributed by atoms with Gasteiger partial charge in [0.25, 0.3) is 0 Å². The maximum atomic E-state index is 13.6. The maximum absolute atomic E-state index is 13.6. The SMILES string of the molecule is NN=C(C=[NH+]C1C(O)[C@@H](Sc2cc(Cl)ccc2Cl)OC(CO)[C@@H]1O)c1cc(F)c(F)c(F)c1. The molecule has 0 aliphatic carbocycles. The lowest BCUT2D eigenvalue weighted by atomic mass is 9.98. The number of hydrazone groups is 1. The minimum absolute atomic E-state index is 0.187. The highest BCUT2D eigenvalue weighted by Gasteiger charge is 2.48. The largest absolute Gasteiger partial charge is 0.394 e. The van der Waals surface area contributed by atoms with Crippen LogP contribution in [0.15, 0.2) is 40.3 Å². The number of rotatable bonds is 6. The van der Waals surface area contributed by atoms with Crippen molar-refractivity contribution in [2.45, 2.75) is 34.7 Å². The molecule has 0 spiro atoms. The first-order chi connectivity index (χ1) is 15.7. The monoisotopic (exact) mass is 524 g/mol. The number of nitrogens with one attached hydrogen (secondary N) is 1. The lowest BCUT2D eigenvalue weighted by Gasteiger charge is -2.37. The number of aliphatic hydroxyl groups is 3. The lowest BCUT2D eigenvalue weighted by molar-refractivity contribution is -0.537. The van der Waals surface area contributed by atoms with Crippen LogP contribution in [0.25, 0.3) is 0 Å². The standard InChI is InChI=1S/C20H18Cl2F3N3O4S/c21-9-1-2-10(22)15(5-9)33-20-19(31)17(18(30)14(7-29)32-20)27-6-13(28-26)8-3-11(23)16(25)12(24)4-8/h1-6,14,17-20,29-31H,7,26H2/p+1/t14?,17?,18-,19?,20+/m0/s1. The predicted octanol–water partition coefficient (Wildman–Crippen LogP) is 0.825. The molecule has 1 saturated heterocycles. The lowest BCUT2D eigenvalue weighted by Crippen LogP contribution is -2.87. The van der Waals surface area contributed by atoms with E-state index < -0.39 is 53.8 Å². The van der Waals surface area contributed by atoms with E-state index in [1.807, 2.05) is 0 Å². The first-order valence-electron chi connectivity index (χ1n) is 9.42. The molecule has 0 bridgehead atoms. The fourth-order valence-electron chi connectivity index (χ4n) is 3.15. The fraction of sp³-hybridized carbons (Fsp3) is 0.300. The zero-order valence-corrected chi connectivity index (χ0v) is 19.0. The molecular weight excluding hydrogens is 506 g/mol. The summed E-state index contributed by atoms with van der Waals surface area (Å²) in [6.45, 7) is -0.571. The van der Waals surface area contributed by atoms with Crippen molar-refractivity contribution in [3.63, 3.8) is 0 Å². The molecule has 2 aromatic rings. The molecule has 178 valence electrons. The molecule has 2 aromatic carbocycles. The Kier molecular flexibility index (Phi) is 8.62. The molecule has 0 amide bonds. The second-order valence-electron chi connectivity index (χ2n) is 7.00. The highest BCUT2D eigenvalue weighted by Crippen LogP contribution is 2.37. The highest BCUT2D eigenvalue weighted by atomic mass is 35.5. The van der Waals surface area contributed by atoms with Crippen molar-refractivity contribution in [2.75, 3.05) is 6.61 Å². The van der Waals surface area contributed by atoms with Crippen LogP contribution in [-0.2, 0) is 4.74 Å². The Morgan fingerprint density at radius 2 is 1.82 bits per heavy atom. The molecule has 0 saturated carbocycles. The van der Waals surface area contributed by atoms with E-state index in [0.717, 1.165) is 18.0 Å². The maximum Gasteiger partial charge on any atom is 0.208 e. The van der Waals surface area contributed by atoms with E-state index in [0.29, 0.717) is 27.1 Å². The quantitative estimate of drug-likeness (QED) is 0.165. The van der Waals surface area contributed by atoms with Crippen molar-refractivity contribution in [2.24, 2.45) is 10.9 Å². The molecular formula is C20H19Cl2F3N3O4S+. The van der Waals surface area contributed by atoms with E-state index in [1.165, 1.54) is 0 Å². The topological polar surface area (TPSA) is 122 Å². The van der Waals surface area contributed by atoms with Gasteiger partial charge in [-0.1, -0.05) is 35.0 Å². The number of aliphatic hydroxyl groups excluding tert-OH is 3. The smallest absolute Gasteiger partial charge is 0.208 e. The third-order valence-corrected chi connectivity index (χ3v) is 6.74. The van der Waals surface area contributed by atoms with E-state index in [1.54, 1.807) is 18.2 Å². The molecule has 1 heterocycles. The van der Waals surface area contributed by atoms with Gasteiger partial charge >= 0.3 is 0 Å². The summed E-state index contributed by atoms with van der Waals surface area (Å²) in [6.07, 6.45) is -2.75. The molecule has 1 aliphatic rings. The molecule has 0 radical (unpaired) electrons. The zero-order chi connectivity index (χ0) is 24.3. The third kappa shape index (κ3) is 5.80. The van der Waals surface area contributed by atoms with Crippen LogP contribution in [0.2, 0.25) is 10.0 Å². The van der Waals surface area contributed by atoms with Crippen molar-refractivity contribution in [3.8, 4) is 0 Å². The number of nitrogens with zero attached hydrogens (tertiary/aromatic N) is 1. The molecule has 5 atom stereocenters. The molecule has 1 fully saturated rings. The Morgan fingerprint density at radius 3 is 2.42 bits per heavy atom. The van der Waals surface area contributed by atoms with Gasteiger partial charge in [0, 0.05) is 15.5 Å². The summed E-state index contributed by atoms with van der Waals surface area (Å²) in [4.78, 5) is 3.18. The number of ether oxygens (including phenoxy) is 1. The number of thioether (sulfide) groups is 1. The summed E-state index contributed by atoms with van der Waals surface area (Å²) in [5.41, 5.74) is -1.37. The second-order valence-corrected chi connectivity index (χ2v) is 8.99. The van der Waals surface area contributed by atoms with Crippen LogP contribution in [0, 0.1) is 17.5 Å². The molecule has 7 nitrogen and oxygen atoms in total. The number of hydrogen-bond acceptors (Lipinski definition) is 7. The highest BCUT2D eigenvalue weighted by molar-refractivity contribution is 8.00.